The number of nitro benzene ring substituents is 1. The molecule has 106 valence electrons. The third-order valence-corrected chi connectivity index (χ3v) is 3.15. The fourth-order valence-electron chi connectivity index (χ4n) is 1.63. The van der Waals surface area contributed by atoms with E-state index in [-0.39, 0.29) is 21.3 Å². The minimum absolute atomic E-state index is 0.0702. The van der Waals surface area contributed by atoms with Gasteiger partial charge in [-0.1, -0.05) is 23.2 Å². The number of hydrogen-bond acceptors (Lipinski definition) is 4. The summed E-state index contributed by atoms with van der Waals surface area (Å²) in [5, 5.41) is 22.2. The van der Waals surface area contributed by atoms with Crippen molar-refractivity contribution in [3.8, 4) is 6.07 Å². The summed E-state index contributed by atoms with van der Waals surface area (Å²) in [7, 11) is 0. The van der Waals surface area contributed by atoms with Crippen LogP contribution in [0.2, 0.25) is 10.0 Å². The Kier molecular flexibility index (Phi) is 4.26. The molecule has 0 bridgehead atoms. The van der Waals surface area contributed by atoms with E-state index in [1.54, 1.807) is 0 Å². The molecule has 0 fully saturated rings. The van der Waals surface area contributed by atoms with Crippen LogP contribution in [0.15, 0.2) is 30.3 Å². The fraction of sp³-hybridized carbons (Fsp3) is 0. The monoisotopic (exact) mass is 325 g/mol. The van der Waals surface area contributed by atoms with Gasteiger partial charge in [0.25, 0.3) is 5.69 Å². The van der Waals surface area contributed by atoms with Gasteiger partial charge in [-0.3, -0.25) is 10.1 Å². The van der Waals surface area contributed by atoms with Crippen molar-refractivity contribution >= 4 is 40.3 Å². The number of halogens is 3. The van der Waals surface area contributed by atoms with E-state index in [0.717, 1.165) is 6.07 Å². The molecule has 1 N–H and O–H groups in total. The molecule has 8 heteroatoms. The van der Waals surface area contributed by atoms with Crippen LogP contribution in [0.3, 0.4) is 0 Å². The molecule has 0 aliphatic heterocycles. The summed E-state index contributed by atoms with van der Waals surface area (Å²) >= 11 is 11.3. The Morgan fingerprint density at radius 2 is 1.86 bits per heavy atom. The predicted molar refractivity (Wildman–Crippen MR) is 77.5 cm³/mol. The van der Waals surface area contributed by atoms with Crippen molar-refractivity contribution in [2.24, 2.45) is 0 Å². The Bertz CT molecular complexity index is 751. The van der Waals surface area contributed by atoms with E-state index in [1.165, 1.54) is 24.3 Å². The second kappa shape index (κ2) is 5.95. The van der Waals surface area contributed by atoms with Gasteiger partial charge in [0, 0.05) is 17.8 Å². The first-order valence-electron chi connectivity index (χ1n) is 5.52. The number of rotatable bonds is 3. The van der Waals surface area contributed by atoms with Crippen molar-refractivity contribution in [1.29, 1.82) is 5.26 Å². The summed E-state index contributed by atoms with van der Waals surface area (Å²) in [5.74, 6) is -0.743. The van der Waals surface area contributed by atoms with Gasteiger partial charge in [0.2, 0.25) is 0 Å². The lowest BCUT2D eigenvalue weighted by molar-refractivity contribution is -0.384. The van der Waals surface area contributed by atoms with Crippen molar-refractivity contribution < 1.29 is 9.31 Å². The molecule has 2 aromatic carbocycles. The van der Waals surface area contributed by atoms with E-state index < -0.39 is 10.7 Å². The quantitative estimate of drug-likeness (QED) is 0.505. The van der Waals surface area contributed by atoms with E-state index in [2.05, 4.69) is 5.32 Å². The Morgan fingerprint density at radius 3 is 2.38 bits per heavy atom. The van der Waals surface area contributed by atoms with E-state index in [4.69, 9.17) is 28.5 Å². The van der Waals surface area contributed by atoms with Gasteiger partial charge >= 0.3 is 0 Å². The molecule has 5 nitrogen and oxygen atoms in total. The van der Waals surface area contributed by atoms with Crippen LogP contribution in [0, 0.1) is 27.3 Å². The third kappa shape index (κ3) is 3.21. The summed E-state index contributed by atoms with van der Waals surface area (Å²) in [5.41, 5.74) is 0.548. The maximum atomic E-state index is 13.3. The highest BCUT2D eigenvalue weighted by molar-refractivity contribution is 6.35. The number of nitriles is 1. The van der Waals surface area contributed by atoms with Crippen LogP contribution in [0.25, 0.3) is 0 Å². The van der Waals surface area contributed by atoms with Crippen LogP contribution < -0.4 is 5.32 Å². The van der Waals surface area contributed by atoms with Crippen LogP contribution >= 0.6 is 23.2 Å². The van der Waals surface area contributed by atoms with E-state index in [0.29, 0.717) is 11.4 Å². The zero-order valence-corrected chi connectivity index (χ0v) is 11.7. The Labute approximate surface area is 128 Å². The van der Waals surface area contributed by atoms with Gasteiger partial charge in [-0.25, -0.2) is 4.39 Å². The number of nitro groups is 1. The van der Waals surface area contributed by atoms with Gasteiger partial charge < -0.3 is 5.32 Å². The molecule has 21 heavy (non-hydrogen) atoms. The molecule has 2 aromatic rings. The van der Waals surface area contributed by atoms with E-state index >= 15 is 0 Å². The first kappa shape index (κ1) is 15.0. The van der Waals surface area contributed by atoms with Crippen LogP contribution in [0.5, 0.6) is 0 Å². The van der Waals surface area contributed by atoms with E-state index in [1.807, 2.05) is 6.07 Å². The second-order valence-corrected chi connectivity index (χ2v) is 4.79. The van der Waals surface area contributed by atoms with Gasteiger partial charge in [-0.15, -0.1) is 0 Å². The molecule has 0 radical (unpaired) electrons. The van der Waals surface area contributed by atoms with Gasteiger partial charge in [0.1, 0.15) is 6.07 Å². The molecular formula is C13H6Cl2FN3O2. The van der Waals surface area contributed by atoms with Crippen molar-refractivity contribution in [1.82, 2.24) is 0 Å². The summed E-state index contributed by atoms with van der Waals surface area (Å²) in [6.07, 6.45) is 0. The van der Waals surface area contributed by atoms with Gasteiger partial charge in [0.15, 0.2) is 5.82 Å². The first-order chi connectivity index (χ1) is 9.92. The highest BCUT2D eigenvalue weighted by Crippen LogP contribution is 2.30. The first-order valence-corrected chi connectivity index (χ1v) is 6.28. The summed E-state index contributed by atoms with van der Waals surface area (Å²) in [4.78, 5) is 10.1. The molecule has 0 aliphatic rings. The molecule has 0 aromatic heterocycles. The number of non-ortho nitro benzene ring substituents is 1. The van der Waals surface area contributed by atoms with Gasteiger partial charge in [0.05, 0.1) is 26.2 Å². The number of benzene rings is 2. The predicted octanol–water partition coefficient (Wildman–Crippen LogP) is 4.66. The Balaban J connectivity index is 2.40. The highest BCUT2D eigenvalue weighted by Gasteiger charge is 2.12. The average molecular weight is 326 g/mol. The molecule has 0 saturated carbocycles. The Morgan fingerprint density at radius 1 is 1.24 bits per heavy atom. The van der Waals surface area contributed by atoms with Gasteiger partial charge in [-0.05, 0) is 18.2 Å². The lowest BCUT2D eigenvalue weighted by atomic mass is 10.1. The third-order valence-electron chi connectivity index (χ3n) is 2.60. The van der Waals surface area contributed by atoms with Crippen LogP contribution in [0.1, 0.15) is 5.56 Å². The van der Waals surface area contributed by atoms with E-state index in [9.17, 15) is 14.5 Å². The fourth-order valence-corrected chi connectivity index (χ4v) is 2.12. The second-order valence-electron chi connectivity index (χ2n) is 3.98. The van der Waals surface area contributed by atoms with Crippen LogP contribution in [-0.2, 0) is 0 Å². The van der Waals surface area contributed by atoms with Gasteiger partial charge in [-0.2, -0.15) is 5.26 Å². The minimum Gasteiger partial charge on any atom is -0.354 e. The number of nitrogens with zero attached hydrogens (tertiary/aromatic N) is 2. The van der Waals surface area contributed by atoms with Crippen LogP contribution in [-0.4, -0.2) is 4.92 Å². The van der Waals surface area contributed by atoms with Crippen molar-refractivity contribution in [2.75, 3.05) is 5.32 Å². The molecule has 0 spiro atoms. The summed E-state index contributed by atoms with van der Waals surface area (Å²) in [6, 6.07) is 8.20. The zero-order valence-electron chi connectivity index (χ0n) is 10.2. The maximum Gasteiger partial charge on any atom is 0.270 e. The summed E-state index contributed by atoms with van der Waals surface area (Å²) < 4.78 is 13.3. The number of hydrogen-bond donors (Lipinski definition) is 1. The molecule has 0 aliphatic carbocycles. The zero-order chi connectivity index (χ0) is 15.6. The molecule has 0 atom stereocenters. The standard InChI is InChI=1S/C13H6Cl2FN3O2/c14-10-4-8(5-11(15)13(10)16)18-12-2-1-9(19(20)21)3-7(12)6-17/h1-5,18H. The SMILES string of the molecule is N#Cc1cc([N+](=O)[O-])ccc1Nc1cc(Cl)c(F)c(Cl)c1. The van der Waals surface area contributed by atoms with Crippen molar-refractivity contribution in [3.05, 3.63) is 61.9 Å². The lowest BCUT2D eigenvalue weighted by Gasteiger charge is -2.09. The normalized spacial score (nSPS) is 10.0. The molecular weight excluding hydrogens is 320 g/mol. The lowest BCUT2D eigenvalue weighted by Crippen LogP contribution is -1.96. The molecule has 0 amide bonds. The minimum atomic E-state index is -0.743. The maximum absolute atomic E-state index is 13.3. The number of nitrogens with one attached hydrogen (secondary N) is 1. The average Bonchev–Trinajstić information content (AvgIpc) is 2.44. The molecule has 2 rings (SSSR count). The van der Waals surface area contributed by atoms with Crippen LogP contribution in [0.4, 0.5) is 21.5 Å². The topological polar surface area (TPSA) is 79.0 Å². The Hall–Kier alpha value is -2.36. The highest BCUT2D eigenvalue weighted by atomic mass is 35.5. The summed E-state index contributed by atoms with van der Waals surface area (Å²) in [6.45, 7) is 0. The largest absolute Gasteiger partial charge is 0.354 e. The molecule has 0 heterocycles. The number of anilines is 2. The van der Waals surface area contributed by atoms with Crippen molar-refractivity contribution in [2.45, 2.75) is 0 Å². The molecule has 0 saturated heterocycles. The smallest absolute Gasteiger partial charge is 0.270 e. The molecule has 0 unspecified atom stereocenters. The van der Waals surface area contributed by atoms with Crippen molar-refractivity contribution in [3.63, 3.8) is 0 Å².